The standard InChI is InChI=1S/C29H33NO2Si/c1-21(20-23-12-8-6-9-13-23)28-27(22(2)33(4,5)26-14-10-7-11-15-26)29(31)30(28)24-16-18-25(32-3)19-17-24/h6-20,22,27-28H,1-5H3/b21-20+/t22-,27+,28-/m1/s1. The Morgan fingerprint density at radius 3 is 2.09 bits per heavy atom. The Bertz CT molecular complexity index is 1120. The Hall–Kier alpha value is -3.11. The number of rotatable bonds is 7. The van der Waals surface area contributed by atoms with Gasteiger partial charge >= 0.3 is 0 Å². The number of nitrogens with zero attached hydrogens (tertiary/aromatic N) is 1. The molecule has 1 aliphatic heterocycles. The van der Waals surface area contributed by atoms with Crippen molar-refractivity contribution >= 4 is 30.9 Å². The van der Waals surface area contributed by atoms with Gasteiger partial charge in [-0.05, 0) is 47.9 Å². The maximum absolute atomic E-state index is 13.7. The first-order valence-electron chi connectivity index (χ1n) is 11.6. The lowest BCUT2D eigenvalue weighted by molar-refractivity contribution is -0.129. The molecule has 0 bridgehead atoms. The van der Waals surface area contributed by atoms with Gasteiger partial charge in [0, 0.05) is 5.69 Å². The molecule has 1 aliphatic rings. The van der Waals surface area contributed by atoms with E-state index in [4.69, 9.17) is 4.74 Å². The third-order valence-electron chi connectivity index (χ3n) is 7.35. The van der Waals surface area contributed by atoms with Gasteiger partial charge in [0.1, 0.15) is 5.75 Å². The summed E-state index contributed by atoms with van der Waals surface area (Å²) >= 11 is 0. The number of hydrogen-bond acceptors (Lipinski definition) is 2. The van der Waals surface area contributed by atoms with Crippen molar-refractivity contribution in [2.24, 2.45) is 5.92 Å². The van der Waals surface area contributed by atoms with Crippen LogP contribution in [0.1, 0.15) is 19.4 Å². The zero-order chi connectivity index (χ0) is 23.6. The molecular weight excluding hydrogens is 422 g/mol. The molecule has 0 saturated carbocycles. The van der Waals surface area contributed by atoms with E-state index < -0.39 is 8.07 Å². The Labute approximate surface area is 198 Å². The number of carbonyl (C=O) groups is 1. The molecule has 1 amide bonds. The van der Waals surface area contributed by atoms with Gasteiger partial charge < -0.3 is 9.64 Å². The van der Waals surface area contributed by atoms with Crippen LogP contribution in [0.3, 0.4) is 0 Å². The van der Waals surface area contributed by atoms with Gasteiger partial charge in [-0.3, -0.25) is 4.79 Å². The predicted octanol–water partition coefficient (Wildman–Crippen LogP) is 6.14. The van der Waals surface area contributed by atoms with E-state index in [0.717, 1.165) is 17.0 Å². The number of ether oxygens (including phenoxy) is 1. The van der Waals surface area contributed by atoms with E-state index in [1.165, 1.54) is 10.8 Å². The topological polar surface area (TPSA) is 29.5 Å². The fourth-order valence-corrected chi connectivity index (χ4v) is 7.79. The molecule has 33 heavy (non-hydrogen) atoms. The number of carbonyl (C=O) groups excluding carboxylic acids is 1. The van der Waals surface area contributed by atoms with E-state index in [0.29, 0.717) is 5.54 Å². The summed E-state index contributed by atoms with van der Waals surface area (Å²) in [7, 11) is -0.217. The Morgan fingerprint density at radius 1 is 0.939 bits per heavy atom. The first-order chi connectivity index (χ1) is 15.8. The molecule has 0 spiro atoms. The molecule has 3 aromatic carbocycles. The molecule has 0 aromatic heterocycles. The van der Waals surface area contributed by atoms with Crippen LogP contribution in [0.4, 0.5) is 5.69 Å². The summed E-state index contributed by atoms with van der Waals surface area (Å²) in [4.78, 5) is 15.7. The Balaban J connectivity index is 1.72. The maximum Gasteiger partial charge on any atom is 0.233 e. The highest BCUT2D eigenvalue weighted by molar-refractivity contribution is 6.91. The minimum atomic E-state index is -1.88. The molecule has 0 aliphatic carbocycles. The van der Waals surface area contributed by atoms with Gasteiger partial charge in [-0.2, -0.15) is 0 Å². The van der Waals surface area contributed by atoms with Crippen LogP contribution in [0.15, 0.2) is 90.5 Å². The molecule has 4 heteroatoms. The van der Waals surface area contributed by atoms with Crippen molar-refractivity contribution in [3.63, 3.8) is 0 Å². The molecule has 0 unspecified atom stereocenters. The SMILES string of the molecule is COc1ccc(N2C(=O)[C@@H]([C@@H](C)[Si](C)(C)c3ccccc3)[C@H]2/C(C)=C/c2ccccc2)cc1. The van der Waals surface area contributed by atoms with E-state index in [2.05, 4.69) is 87.6 Å². The van der Waals surface area contributed by atoms with Crippen molar-refractivity contribution < 1.29 is 9.53 Å². The van der Waals surface area contributed by atoms with Gasteiger partial charge in [-0.15, -0.1) is 0 Å². The van der Waals surface area contributed by atoms with Crippen molar-refractivity contribution in [3.8, 4) is 5.75 Å². The van der Waals surface area contributed by atoms with Crippen LogP contribution in [0, 0.1) is 5.92 Å². The van der Waals surface area contributed by atoms with Crippen LogP contribution in [0.5, 0.6) is 5.75 Å². The van der Waals surface area contributed by atoms with Crippen molar-refractivity contribution in [1.29, 1.82) is 0 Å². The number of β-lactam (4-membered cyclic amide) rings is 1. The van der Waals surface area contributed by atoms with Crippen LogP contribution in [0.25, 0.3) is 6.08 Å². The molecule has 0 N–H and O–H groups in total. The molecule has 170 valence electrons. The third-order valence-corrected chi connectivity index (χ3v) is 11.8. The van der Waals surface area contributed by atoms with Crippen LogP contribution < -0.4 is 14.8 Å². The zero-order valence-corrected chi connectivity index (χ0v) is 21.2. The lowest BCUT2D eigenvalue weighted by Crippen LogP contribution is -2.66. The lowest BCUT2D eigenvalue weighted by atomic mass is 9.79. The minimum Gasteiger partial charge on any atom is -0.497 e. The maximum atomic E-state index is 13.7. The summed E-state index contributed by atoms with van der Waals surface area (Å²) < 4.78 is 5.32. The van der Waals surface area contributed by atoms with Crippen molar-refractivity contribution in [2.45, 2.75) is 38.5 Å². The zero-order valence-electron chi connectivity index (χ0n) is 20.2. The van der Waals surface area contributed by atoms with Crippen LogP contribution in [-0.4, -0.2) is 27.1 Å². The van der Waals surface area contributed by atoms with E-state index in [1.807, 2.05) is 35.2 Å². The van der Waals surface area contributed by atoms with Gasteiger partial charge in [0.05, 0.1) is 27.1 Å². The average Bonchev–Trinajstić information content (AvgIpc) is 2.84. The monoisotopic (exact) mass is 455 g/mol. The molecule has 3 aromatic rings. The Morgan fingerprint density at radius 2 is 1.52 bits per heavy atom. The summed E-state index contributed by atoms with van der Waals surface area (Å²) in [5.74, 6) is 0.978. The minimum absolute atomic E-state index is 0.0334. The summed E-state index contributed by atoms with van der Waals surface area (Å²) in [5, 5.41) is 1.40. The molecule has 4 rings (SSSR count). The second kappa shape index (κ2) is 9.40. The quantitative estimate of drug-likeness (QED) is 0.316. The number of benzene rings is 3. The van der Waals surface area contributed by atoms with Crippen LogP contribution in [-0.2, 0) is 4.79 Å². The van der Waals surface area contributed by atoms with Gasteiger partial charge in [-0.25, -0.2) is 0 Å². The molecular formula is C29H33NO2Si. The predicted molar refractivity (Wildman–Crippen MR) is 141 cm³/mol. The van der Waals surface area contributed by atoms with Crippen molar-refractivity contribution in [1.82, 2.24) is 0 Å². The van der Waals surface area contributed by atoms with Crippen LogP contribution >= 0.6 is 0 Å². The summed E-state index contributed by atoms with van der Waals surface area (Å²) in [5.41, 5.74) is 3.60. The first-order valence-corrected chi connectivity index (χ1v) is 14.7. The molecule has 1 fully saturated rings. The van der Waals surface area contributed by atoms with E-state index in [1.54, 1.807) is 7.11 Å². The van der Waals surface area contributed by atoms with Crippen molar-refractivity contribution in [2.75, 3.05) is 12.0 Å². The largest absolute Gasteiger partial charge is 0.497 e. The third kappa shape index (κ3) is 4.40. The fraction of sp³-hybridized carbons (Fsp3) is 0.276. The van der Waals surface area contributed by atoms with Gasteiger partial charge in [0.25, 0.3) is 0 Å². The average molecular weight is 456 g/mol. The lowest BCUT2D eigenvalue weighted by Gasteiger charge is -2.53. The van der Waals surface area contributed by atoms with E-state index >= 15 is 0 Å². The number of hydrogen-bond donors (Lipinski definition) is 0. The number of methoxy groups -OCH3 is 1. The second-order valence-electron chi connectivity index (χ2n) is 9.55. The van der Waals surface area contributed by atoms with Gasteiger partial charge in [-0.1, -0.05) is 91.9 Å². The molecule has 3 atom stereocenters. The highest BCUT2D eigenvalue weighted by Crippen LogP contribution is 2.46. The molecule has 3 nitrogen and oxygen atoms in total. The van der Waals surface area contributed by atoms with E-state index in [9.17, 15) is 4.79 Å². The molecule has 1 saturated heterocycles. The van der Waals surface area contributed by atoms with Crippen LogP contribution in [0.2, 0.25) is 18.6 Å². The second-order valence-corrected chi connectivity index (χ2v) is 14.5. The normalized spacial score (nSPS) is 19.7. The molecule has 0 radical (unpaired) electrons. The summed E-state index contributed by atoms with van der Waals surface area (Å²) in [6.45, 7) is 9.24. The fourth-order valence-electron chi connectivity index (χ4n) is 4.99. The number of amides is 1. The smallest absolute Gasteiger partial charge is 0.233 e. The van der Waals surface area contributed by atoms with Crippen molar-refractivity contribution in [3.05, 3.63) is 96.1 Å². The van der Waals surface area contributed by atoms with Gasteiger partial charge in [0.15, 0.2) is 0 Å². The first kappa shape index (κ1) is 23.1. The number of anilines is 1. The molecule has 1 heterocycles. The Kier molecular flexibility index (Phi) is 6.57. The summed E-state index contributed by atoms with van der Waals surface area (Å²) in [6.07, 6.45) is 2.23. The van der Waals surface area contributed by atoms with Gasteiger partial charge in [0.2, 0.25) is 5.91 Å². The van der Waals surface area contributed by atoms with E-state index in [-0.39, 0.29) is 17.9 Å². The summed E-state index contributed by atoms with van der Waals surface area (Å²) in [6, 6.07) is 29.0. The highest BCUT2D eigenvalue weighted by atomic mass is 28.3. The highest BCUT2D eigenvalue weighted by Gasteiger charge is 2.54.